The third-order valence-electron chi connectivity index (χ3n) is 3.69. The molecule has 3 rings (SSSR count). The second-order valence-electron chi connectivity index (χ2n) is 5.71. The minimum absolute atomic E-state index is 0.149. The molecule has 0 aliphatic heterocycles. The largest absolute Gasteiger partial charge is 0.360 e. The lowest BCUT2D eigenvalue weighted by molar-refractivity contribution is 0.0948. The van der Waals surface area contributed by atoms with Crippen LogP contribution in [0.25, 0.3) is 0 Å². The average Bonchev–Trinajstić information content (AvgIpc) is 3.10. The molecule has 130 valence electrons. The molecule has 2 aromatic carbocycles. The third kappa shape index (κ3) is 4.52. The van der Waals surface area contributed by atoms with E-state index in [0.717, 1.165) is 21.9 Å². The Morgan fingerprint density at radius 2 is 2.08 bits per heavy atom. The molecule has 6 heteroatoms. The summed E-state index contributed by atoms with van der Waals surface area (Å²) in [6.07, 6.45) is 0. The molecule has 0 unspecified atom stereocenters. The Morgan fingerprint density at radius 1 is 1.23 bits per heavy atom. The molecule has 1 aromatic heterocycles. The van der Waals surface area contributed by atoms with Gasteiger partial charge in [0.25, 0.3) is 5.91 Å². The van der Waals surface area contributed by atoms with Crippen molar-refractivity contribution in [2.75, 3.05) is 0 Å². The number of hydrogen-bond acceptors (Lipinski definition) is 5. The van der Waals surface area contributed by atoms with Crippen molar-refractivity contribution in [2.45, 2.75) is 24.1 Å². The molecule has 0 bridgehead atoms. The van der Waals surface area contributed by atoms with E-state index < -0.39 is 0 Å². The van der Waals surface area contributed by atoms with Gasteiger partial charge in [0.2, 0.25) is 0 Å². The third-order valence-corrected chi connectivity index (χ3v) is 4.78. The number of rotatable bonds is 6. The van der Waals surface area contributed by atoms with Gasteiger partial charge in [0.15, 0.2) is 0 Å². The van der Waals surface area contributed by atoms with Gasteiger partial charge in [0.1, 0.15) is 5.76 Å². The van der Waals surface area contributed by atoms with Gasteiger partial charge in [-0.25, -0.2) is 0 Å². The number of carbonyl (C=O) groups excluding carboxylic acids is 1. The van der Waals surface area contributed by atoms with Crippen LogP contribution in [0, 0.1) is 18.3 Å². The smallest absolute Gasteiger partial charge is 0.252 e. The maximum absolute atomic E-state index is 12.6. The maximum atomic E-state index is 12.6. The molecule has 0 fully saturated rings. The zero-order valence-corrected chi connectivity index (χ0v) is 15.0. The second-order valence-corrected chi connectivity index (χ2v) is 6.73. The first-order valence-electron chi connectivity index (χ1n) is 8.07. The summed E-state index contributed by atoms with van der Waals surface area (Å²) in [6, 6.07) is 18.6. The highest BCUT2D eigenvalue weighted by Gasteiger charge is 2.12. The van der Waals surface area contributed by atoms with Crippen LogP contribution in [0.4, 0.5) is 0 Å². The molecule has 1 N–H and O–H groups in total. The number of amides is 1. The summed E-state index contributed by atoms with van der Waals surface area (Å²) in [4.78, 5) is 13.5. The highest BCUT2D eigenvalue weighted by Crippen LogP contribution is 2.26. The number of carbonyl (C=O) groups is 1. The summed E-state index contributed by atoms with van der Waals surface area (Å²) in [5.74, 6) is 1.23. The summed E-state index contributed by atoms with van der Waals surface area (Å²) in [7, 11) is 0. The number of benzene rings is 2. The van der Waals surface area contributed by atoms with Crippen molar-refractivity contribution >= 4 is 17.7 Å². The highest BCUT2D eigenvalue weighted by atomic mass is 32.2. The van der Waals surface area contributed by atoms with Crippen molar-refractivity contribution in [3.05, 3.63) is 82.7 Å². The normalized spacial score (nSPS) is 10.3. The quantitative estimate of drug-likeness (QED) is 0.668. The van der Waals surface area contributed by atoms with Crippen LogP contribution in [0.5, 0.6) is 0 Å². The minimum atomic E-state index is -0.149. The van der Waals surface area contributed by atoms with Crippen LogP contribution in [0.2, 0.25) is 0 Å². The topological polar surface area (TPSA) is 78.9 Å². The highest BCUT2D eigenvalue weighted by molar-refractivity contribution is 7.98. The van der Waals surface area contributed by atoms with Gasteiger partial charge in [-0.15, -0.1) is 11.8 Å². The van der Waals surface area contributed by atoms with Gasteiger partial charge < -0.3 is 9.84 Å². The number of hydrogen-bond donors (Lipinski definition) is 1. The standard InChI is InChI=1S/C20H17N3O2S/c1-14-9-17(25-23-14)13-26-19-8-3-2-7-18(19)20(24)22-12-16-6-4-5-15(10-16)11-21/h2-10H,12-13H2,1H3,(H,22,24). The SMILES string of the molecule is Cc1cc(CSc2ccccc2C(=O)NCc2cccc(C#N)c2)on1. The fourth-order valence-electron chi connectivity index (χ4n) is 2.44. The molecule has 1 heterocycles. The van der Waals surface area contributed by atoms with E-state index in [2.05, 4.69) is 16.5 Å². The molecule has 5 nitrogen and oxygen atoms in total. The molecule has 0 radical (unpaired) electrons. The summed E-state index contributed by atoms with van der Waals surface area (Å²) in [5.41, 5.74) is 2.92. The van der Waals surface area contributed by atoms with Gasteiger partial charge in [-0.05, 0) is 36.8 Å². The van der Waals surface area contributed by atoms with Crippen molar-refractivity contribution in [1.29, 1.82) is 5.26 Å². The molecular formula is C20H17N3O2S. The lowest BCUT2D eigenvalue weighted by Gasteiger charge is -2.09. The van der Waals surface area contributed by atoms with E-state index in [1.165, 1.54) is 11.8 Å². The number of aromatic nitrogens is 1. The van der Waals surface area contributed by atoms with Gasteiger partial charge in [0, 0.05) is 17.5 Å². The number of nitrogens with one attached hydrogen (secondary N) is 1. The molecule has 3 aromatic rings. The molecule has 0 saturated heterocycles. The molecule has 1 amide bonds. The molecule has 0 spiro atoms. The average molecular weight is 363 g/mol. The van der Waals surface area contributed by atoms with Crippen molar-refractivity contribution in [1.82, 2.24) is 10.5 Å². The van der Waals surface area contributed by atoms with Crippen LogP contribution in [0.1, 0.15) is 32.9 Å². The van der Waals surface area contributed by atoms with Gasteiger partial charge >= 0.3 is 0 Å². The van der Waals surface area contributed by atoms with Gasteiger partial charge in [-0.1, -0.05) is 29.4 Å². The van der Waals surface area contributed by atoms with Gasteiger partial charge in [0.05, 0.1) is 28.6 Å². The number of thioether (sulfide) groups is 1. The molecule has 0 atom stereocenters. The van der Waals surface area contributed by atoms with E-state index in [0.29, 0.717) is 23.4 Å². The summed E-state index contributed by atoms with van der Waals surface area (Å²) in [6.45, 7) is 2.25. The second kappa shape index (κ2) is 8.37. The van der Waals surface area contributed by atoms with Crippen molar-refractivity contribution in [2.24, 2.45) is 0 Å². The fourth-order valence-corrected chi connectivity index (χ4v) is 3.37. The Kier molecular flexibility index (Phi) is 5.72. The van der Waals surface area contributed by atoms with E-state index >= 15 is 0 Å². The van der Waals surface area contributed by atoms with Crippen LogP contribution in [0.15, 0.2) is 64.0 Å². The molecule has 0 aliphatic carbocycles. The predicted octanol–water partition coefficient (Wildman–Crippen LogP) is 4.08. The van der Waals surface area contributed by atoms with Crippen LogP contribution in [-0.2, 0) is 12.3 Å². The minimum Gasteiger partial charge on any atom is -0.360 e. The van der Waals surface area contributed by atoms with Gasteiger partial charge in [-0.3, -0.25) is 4.79 Å². The Morgan fingerprint density at radius 3 is 2.85 bits per heavy atom. The van der Waals surface area contributed by atoms with Crippen LogP contribution >= 0.6 is 11.8 Å². The first kappa shape index (κ1) is 17.8. The first-order valence-corrected chi connectivity index (χ1v) is 9.05. The lowest BCUT2D eigenvalue weighted by Crippen LogP contribution is -2.23. The van der Waals surface area contributed by atoms with Crippen molar-refractivity contribution < 1.29 is 9.32 Å². The monoisotopic (exact) mass is 363 g/mol. The summed E-state index contributed by atoms with van der Waals surface area (Å²) in [5, 5.41) is 15.7. The Hall–Kier alpha value is -3.04. The maximum Gasteiger partial charge on any atom is 0.252 e. The van der Waals surface area contributed by atoms with Crippen LogP contribution in [-0.4, -0.2) is 11.1 Å². The Labute approximate surface area is 156 Å². The summed E-state index contributed by atoms with van der Waals surface area (Å²) >= 11 is 1.53. The van der Waals surface area contributed by atoms with Crippen LogP contribution in [0.3, 0.4) is 0 Å². The summed E-state index contributed by atoms with van der Waals surface area (Å²) < 4.78 is 5.22. The lowest BCUT2D eigenvalue weighted by atomic mass is 10.1. The number of nitrogens with zero attached hydrogens (tertiary/aromatic N) is 2. The Balaban J connectivity index is 1.66. The molecule has 0 saturated carbocycles. The number of aryl methyl sites for hydroxylation is 1. The zero-order chi connectivity index (χ0) is 18.4. The van der Waals surface area contributed by atoms with Crippen molar-refractivity contribution in [3.8, 4) is 6.07 Å². The first-order chi connectivity index (χ1) is 12.7. The zero-order valence-electron chi connectivity index (χ0n) is 14.2. The van der Waals surface area contributed by atoms with E-state index in [4.69, 9.17) is 9.78 Å². The van der Waals surface area contributed by atoms with E-state index in [1.807, 2.05) is 43.3 Å². The predicted molar refractivity (Wildman–Crippen MR) is 99.6 cm³/mol. The van der Waals surface area contributed by atoms with Crippen LogP contribution < -0.4 is 5.32 Å². The number of nitriles is 1. The molecule has 26 heavy (non-hydrogen) atoms. The molecule has 0 aliphatic rings. The van der Waals surface area contributed by atoms with Gasteiger partial charge in [-0.2, -0.15) is 5.26 Å². The fraction of sp³-hybridized carbons (Fsp3) is 0.150. The van der Waals surface area contributed by atoms with E-state index in [9.17, 15) is 4.79 Å². The Bertz CT molecular complexity index is 959. The van der Waals surface area contributed by atoms with Crippen molar-refractivity contribution in [3.63, 3.8) is 0 Å². The van der Waals surface area contributed by atoms with E-state index in [1.54, 1.807) is 18.2 Å². The molecular weight excluding hydrogens is 346 g/mol. The van der Waals surface area contributed by atoms with E-state index in [-0.39, 0.29) is 5.91 Å².